The Morgan fingerprint density at radius 1 is 0.451 bits per heavy atom. The lowest BCUT2D eigenvalue weighted by Gasteiger charge is -2.19. The van der Waals surface area contributed by atoms with Crippen LogP contribution in [0.25, 0.3) is 29.1 Å². The average molecular weight is 954 g/mol. The molecule has 0 saturated carbocycles. The van der Waals surface area contributed by atoms with E-state index in [0.717, 1.165) is 25.0 Å². The summed E-state index contributed by atoms with van der Waals surface area (Å²) in [6.45, 7) is 42.2. The maximum Gasteiger partial charge on any atom is 0.0664 e. The van der Waals surface area contributed by atoms with Gasteiger partial charge < -0.3 is 4.98 Å². The van der Waals surface area contributed by atoms with Gasteiger partial charge in [0.1, 0.15) is 0 Å². The monoisotopic (exact) mass is 954 g/mol. The third-order valence-corrected chi connectivity index (χ3v) is 13.3. The molecule has 0 unspecified atom stereocenters. The molecule has 5 heterocycles. The molecule has 0 saturated heterocycles. The Morgan fingerprint density at radius 3 is 1.49 bits per heavy atom. The van der Waals surface area contributed by atoms with E-state index in [2.05, 4.69) is 245 Å². The third-order valence-electron chi connectivity index (χ3n) is 13.3. The summed E-state index contributed by atoms with van der Waals surface area (Å²) in [5, 5.41) is 14.9. The first kappa shape index (κ1) is 55.8. The van der Waals surface area contributed by atoms with Gasteiger partial charge in [0, 0.05) is 47.6 Å². The highest BCUT2D eigenvalue weighted by molar-refractivity contribution is 5.84. The Bertz CT molecular complexity index is 2710. The number of para-hydroxylation sites is 1. The molecule has 378 valence electrons. The number of allylic oxidation sites excluding steroid dienone is 3. The van der Waals surface area contributed by atoms with Crippen molar-refractivity contribution in [3.63, 3.8) is 0 Å². The van der Waals surface area contributed by atoms with Crippen LogP contribution in [0.1, 0.15) is 181 Å². The zero-order chi connectivity index (χ0) is 52.6. The number of fused-ring (bicyclic) bond motifs is 4. The minimum Gasteiger partial charge on any atom is -0.361 e. The van der Waals surface area contributed by atoms with E-state index in [0.29, 0.717) is 10.8 Å². The predicted molar refractivity (Wildman–Crippen MR) is 305 cm³/mol. The molecule has 10 rings (SSSR count). The number of nitrogens with zero attached hydrogens (tertiary/aromatic N) is 4. The summed E-state index contributed by atoms with van der Waals surface area (Å²) in [6.07, 6.45) is 23.7. The number of benzene rings is 2. The Hall–Kier alpha value is -6.08. The lowest BCUT2D eigenvalue weighted by Crippen LogP contribution is -2.11. The molecule has 3 N–H and O–H groups in total. The van der Waals surface area contributed by atoms with Crippen LogP contribution in [0.3, 0.4) is 0 Å². The molecule has 3 aliphatic rings. The third kappa shape index (κ3) is 16.0. The van der Waals surface area contributed by atoms with Gasteiger partial charge in [-0.15, -0.1) is 0 Å². The minimum absolute atomic E-state index is 0.219. The van der Waals surface area contributed by atoms with Gasteiger partial charge in [0.2, 0.25) is 0 Å². The van der Waals surface area contributed by atoms with Crippen molar-refractivity contribution in [2.24, 2.45) is 16.2 Å². The molecule has 5 aromatic heterocycles. The molecule has 7 nitrogen and oxygen atoms in total. The topological polar surface area (TPSA) is 98.9 Å². The van der Waals surface area contributed by atoms with Crippen molar-refractivity contribution in [3.05, 3.63) is 183 Å². The van der Waals surface area contributed by atoms with E-state index in [9.17, 15) is 0 Å². The van der Waals surface area contributed by atoms with Crippen molar-refractivity contribution in [2.45, 2.75) is 167 Å². The lowest BCUT2D eigenvalue weighted by atomic mass is 9.85. The summed E-state index contributed by atoms with van der Waals surface area (Å²) in [4.78, 5) is 11.8. The van der Waals surface area contributed by atoms with Gasteiger partial charge in [0.25, 0.3) is 0 Å². The maximum atomic E-state index is 4.35. The number of rotatable bonds is 0. The van der Waals surface area contributed by atoms with Crippen LogP contribution in [0.2, 0.25) is 0 Å². The molecular formula is C64H87N7. The highest BCUT2D eigenvalue weighted by Crippen LogP contribution is 2.38. The van der Waals surface area contributed by atoms with E-state index in [4.69, 9.17) is 0 Å². The minimum atomic E-state index is 0.219. The van der Waals surface area contributed by atoms with Crippen molar-refractivity contribution in [1.82, 2.24) is 35.3 Å². The van der Waals surface area contributed by atoms with Crippen LogP contribution in [0.5, 0.6) is 0 Å². The number of aryl methyl sites for hydroxylation is 1. The fourth-order valence-electron chi connectivity index (χ4n) is 8.51. The molecule has 2 aromatic carbocycles. The van der Waals surface area contributed by atoms with E-state index >= 15 is 0 Å². The quantitative estimate of drug-likeness (QED) is 0.141. The summed E-state index contributed by atoms with van der Waals surface area (Å²) in [6, 6.07) is 23.4. The number of hydrogen-bond donors (Lipinski definition) is 3. The molecule has 71 heavy (non-hydrogen) atoms. The van der Waals surface area contributed by atoms with Crippen LogP contribution in [-0.2, 0) is 35.5 Å². The number of nitrogens with one attached hydrogen (secondary N) is 3. The Morgan fingerprint density at radius 2 is 1.00 bits per heavy atom. The van der Waals surface area contributed by atoms with Gasteiger partial charge in [-0.05, 0) is 127 Å². The molecule has 0 atom stereocenters. The Balaban J connectivity index is 0.000000159. The predicted octanol–water partition coefficient (Wildman–Crippen LogP) is 17.0. The van der Waals surface area contributed by atoms with Crippen molar-refractivity contribution >= 4 is 29.1 Å². The Kier molecular flexibility index (Phi) is 17.7. The first-order valence-electron chi connectivity index (χ1n) is 25.6. The van der Waals surface area contributed by atoms with Gasteiger partial charge in [0.05, 0.1) is 18.1 Å². The van der Waals surface area contributed by atoms with Crippen LogP contribution in [-0.4, -0.2) is 35.3 Å². The number of aromatic nitrogens is 7. The molecule has 0 radical (unpaired) electrons. The van der Waals surface area contributed by atoms with Crippen LogP contribution in [0.4, 0.5) is 0 Å². The maximum absolute atomic E-state index is 4.35. The first-order chi connectivity index (χ1) is 32.9. The van der Waals surface area contributed by atoms with Gasteiger partial charge in [-0.1, -0.05) is 202 Å². The molecule has 7 aromatic rings. The van der Waals surface area contributed by atoms with Gasteiger partial charge in [0.15, 0.2) is 0 Å². The molecule has 7 heteroatoms. The van der Waals surface area contributed by atoms with Gasteiger partial charge in [-0.25, -0.2) is 0 Å². The second-order valence-corrected chi connectivity index (χ2v) is 25.5. The average Bonchev–Trinajstić information content (AvgIpc) is 4.13. The summed E-state index contributed by atoms with van der Waals surface area (Å²) >= 11 is 0. The highest BCUT2D eigenvalue weighted by atomic mass is 15.1. The molecule has 0 amide bonds. The van der Waals surface area contributed by atoms with Gasteiger partial charge >= 0.3 is 0 Å². The fourth-order valence-corrected chi connectivity index (χ4v) is 8.51. The molecule has 3 aliphatic carbocycles. The second kappa shape index (κ2) is 22.6. The number of pyridine rings is 2. The number of H-pyrrole nitrogens is 3. The van der Waals surface area contributed by atoms with E-state index in [1.807, 2.05) is 50.2 Å². The summed E-state index contributed by atoms with van der Waals surface area (Å²) < 4.78 is 0. The standard InChI is InChI=1S/C13H16.3C12H15N.C8H14N2.C7H12N2/c1-13(2,3)12-8-10-6-4-5-7-11(10)9-12;1-12(2,3)11-6-9-4-5-13-8-10(9)7-11;1-12(2,3)10-7-9-5-4-6-13-11(9)8-10;1-12(2,3)10-8-13-11-7-5-4-6-9(10)11;1-6-7(5-9-10-6)8(2,3)4;1-7(2,3)6-4-8-9-5-6/h4-8H,9H2,1-3H3;4-5,7-8H,6H2,1-3H3;4-6,8H,7H2,1-3H3;4-8,13H,1-3H3;5H,1-4H3,(H,9,10);4-5H,1-3H3,(H,8,9). The summed E-state index contributed by atoms with van der Waals surface area (Å²) in [7, 11) is 0. The summed E-state index contributed by atoms with van der Waals surface area (Å²) in [5.41, 5.74) is 20.6. The van der Waals surface area contributed by atoms with Crippen molar-refractivity contribution in [2.75, 3.05) is 0 Å². The first-order valence-corrected chi connectivity index (χ1v) is 25.6. The van der Waals surface area contributed by atoms with Crippen molar-refractivity contribution in [3.8, 4) is 0 Å². The summed E-state index contributed by atoms with van der Waals surface area (Å²) in [5.74, 6) is 0. The van der Waals surface area contributed by atoms with Crippen LogP contribution < -0.4 is 0 Å². The lowest BCUT2D eigenvalue weighted by molar-refractivity contribution is 0.498. The van der Waals surface area contributed by atoms with Crippen LogP contribution in [0, 0.1) is 23.2 Å². The molecular weight excluding hydrogens is 867 g/mol. The zero-order valence-corrected chi connectivity index (χ0v) is 47.0. The molecule has 0 spiro atoms. The van der Waals surface area contributed by atoms with E-state index in [1.54, 1.807) is 5.57 Å². The number of aromatic amines is 3. The number of hydrogen-bond acceptors (Lipinski definition) is 4. The second-order valence-electron chi connectivity index (χ2n) is 25.5. The van der Waals surface area contributed by atoms with E-state index < -0.39 is 0 Å². The van der Waals surface area contributed by atoms with Gasteiger partial charge in [-0.2, -0.15) is 10.2 Å². The van der Waals surface area contributed by atoms with Gasteiger partial charge in [-0.3, -0.25) is 20.2 Å². The zero-order valence-electron chi connectivity index (χ0n) is 47.0. The largest absolute Gasteiger partial charge is 0.361 e. The van der Waals surface area contributed by atoms with E-state index in [1.165, 1.54) is 72.3 Å². The molecule has 0 fully saturated rings. The normalized spacial score (nSPS) is 13.9. The van der Waals surface area contributed by atoms with Crippen LogP contribution >= 0.6 is 0 Å². The molecule has 0 bridgehead atoms. The Labute approximate surface area is 428 Å². The fraction of sp³-hybridized carbons (Fsp3) is 0.438. The van der Waals surface area contributed by atoms with Crippen molar-refractivity contribution in [1.29, 1.82) is 0 Å². The van der Waals surface area contributed by atoms with Crippen molar-refractivity contribution < 1.29 is 0 Å². The van der Waals surface area contributed by atoms with Crippen LogP contribution in [0.15, 0.2) is 127 Å². The SMILES string of the molecule is CC(C)(C)C1=Cc2ccccc2C1.CC(C)(C)C1=Cc2cnccc2C1.CC(C)(C)C1=Cc2ncccc2C1.CC(C)(C)c1c[nH]c2ccccc12.CC(C)(C)c1cn[nH]c1.Cc1[nH]ncc1C(C)(C)C. The van der Waals surface area contributed by atoms with E-state index in [-0.39, 0.29) is 21.7 Å². The smallest absolute Gasteiger partial charge is 0.0664 e. The highest BCUT2D eigenvalue weighted by Gasteiger charge is 2.25. The molecule has 0 aliphatic heterocycles.